The molecule has 0 unspecified atom stereocenters. The summed E-state index contributed by atoms with van der Waals surface area (Å²) in [6, 6.07) is 10.1. The Hall–Kier alpha value is -1.31. The first kappa shape index (κ1) is 10.8. The van der Waals surface area contributed by atoms with Gasteiger partial charge in [0.15, 0.2) is 0 Å². The minimum absolute atomic E-state index is 0.481. The Morgan fingerprint density at radius 3 is 2.29 bits per heavy atom. The molecule has 0 spiro atoms. The molecule has 17 heavy (non-hydrogen) atoms. The molecule has 0 heterocycles. The molecule has 2 nitrogen and oxygen atoms in total. The third-order valence-corrected chi connectivity index (χ3v) is 4.58. The summed E-state index contributed by atoms with van der Waals surface area (Å²) in [5, 5.41) is 13.0. The molecule has 3 aliphatic carbocycles. The molecule has 0 aliphatic heterocycles. The summed E-state index contributed by atoms with van der Waals surface area (Å²) in [6.07, 6.45) is 6.63. The summed E-state index contributed by atoms with van der Waals surface area (Å²) in [5.74, 6) is 2.09. The number of nitrogens with zero attached hydrogens (tertiary/aromatic N) is 1. The van der Waals surface area contributed by atoms with Crippen molar-refractivity contribution in [2.24, 2.45) is 22.9 Å². The van der Waals surface area contributed by atoms with Crippen LogP contribution < -0.4 is 0 Å². The molecule has 1 aromatic rings. The first-order valence-electron chi connectivity index (χ1n) is 6.66. The predicted molar refractivity (Wildman–Crippen MR) is 68.3 cm³/mol. The lowest BCUT2D eigenvalue weighted by molar-refractivity contribution is 0.136. The molecule has 1 N–H and O–H groups in total. The fourth-order valence-corrected chi connectivity index (χ4v) is 3.67. The first-order valence-corrected chi connectivity index (χ1v) is 6.66. The average molecular weight is 229 g/mol. The van der Waals surface area contributed by atoms with Crippen LogP contribution in [0.4, 0.5) is 0 Å². The Kier molecular flexibility index (Phi) is 2.87. The van der Waals surface area contributed by atoms with Crippen LogP contribution in [-0.2, 0) is 0 Å². The molecule has 4 rings (SSSR count). The number of oxime groups is 1. The van der Waals surface area contributed by atoms with Gasteiger partial charge < -0.3 is 5.21 Å². The maximum atomic E-state index is 9.35. The van der Waals surface area contributed by atoms with Gasteiger partial charge in [-0.2, -0.15) is 0 Å². The van der Waals surface area contributed by atoms with Crippen molar-refractivity contribution >= 4 is 5.71 Å². The van der Waals surface area contributed by atoms with Crippen LogP contribution in [0.25, 0.3) is 0 Å². The largest absolute Gasteiger partial charge is 0.411 e. The van der Waals surface area contributed by atoms with Crippen LogP contribution in [0.5, 0.6) is 0 Å². The quantitative estimate of drug-likeness (QED) is 0.468. The molecule has 2 bridgehead atoms. The molecule has 0 saturated heterocycles. The van der Waals surface area contributed by atoms with Gasteiger partial charge in [0.2, 0.25) is 0 Å². The van der Waals surface area contributed by atoms with E-state index in [2.05, 4.69) is 17.3 Å². The van der Waals surface area contributed by atoms with Gasteiger partial charge in [-0.3, -0.25) is 0 Å². The van der Waals surface area contributed by atoms with Crippen LogP contribution in [0.15, 0.2) is 35.5 Å². The molecule has 90 valence electrons. The van der Waals surface area contributed by atoms with Gasteiger partial charge >= 0.3 is 0 Å². The number of rotatable bonds is 2. The monoisotopic (exact) mass is 229 g/mol. The Morgan fingerprint density at radius 2 is 1.76 bits per heavy atom. The van der Waals surface area contributed by atoms with E-state index in [9.17, 15) is 5.21 Å². The van der Waals surface area contributed by atoms with Crippen molar-refractivity contribution in [1.82, 2.24) is 0 Å². The highest BCUT2D eigenvalue weighted by molar-refractivity contribution is 6.02. The zero-order chi connectivity index (χ0) is 11.7. The van der Waals surface area contributed by atoms with Crippen molar-refractivity contribution in [2.75, 3.05) is 0 Å². The fourth-order valence-electron chi connectivity index (χ4n) is 3.67. The number of benzene rings is 1. The fraction of sp³-hybridized carbons (Fsp3) is 0.533. The van der Waals surface area contributed by atoms with E-state index in [1.807, 2.05) is 18.2 Å². The Morgan fingerprint density at radius 1 is 1.06 bits per heavy atom. The van der Waals surface area contributed by atoms with Gasteiger partial charge in [-0.25, -0.2) is 0 Å². The molecule has 0 amide bonds. The number of hydrogen-bond donors (Lipinski definition) is 1. The van der Waals surface area contributed by atoms with Gasteiger partial charge in [0, 0.05) is 5.92 Å². The second-order valence-corrected chi connectivity index (χ2v) is 5.47. The molecule has 3 fully saturated rings. The minimum Gasteiger partial charge on any atom is -0.411 e. The second-order valence-electron chi connectivity index (χ2n) is 5.47. The third kappa shape index (κ3) is 1.97. The normalized spacial score (nSPS) is 32.7. The van der Waals surface area contributed by atoms with Crippen molar-refractivity contribution in [3.63, 3.8) is 0 Å². The summed E-state index contributed by atoms with van der Waals surface area (Å²) in [5.41, 5.74) is 2.01. The van der Waals surface area contributed by atoms with Crippen molar-refractivity contribution in [1.29, 1.82) is 0 Å². The van der Waals surface area contributed by atoms with Crippen molar-refractivity contribution in [3.8, 4) is 0 Å². The van der Waals surface area contributed by atoms with E-state index in [1.54, 1.807) is 0 Å². The van der Waals surface area contributed by atoms with E-state index in [-0.39, 0.29) is 0 Å². The maximum Gasteiger partial charge on any atom is 0.0901 e. The van der Waals surface area contributed by atoms with Gasteiger partial charge in [-0.05, 0) is 36.7 Å². The molecule has 1 aromatic carbocycles. The molecule has 2 heteroatoms. The lowest BCUT2D eigenvalue weighted by Crippen LogP contribution is -2.36. The molecule has 1 atom stereocenters. The van der Waals surface area contributed by atoms with E-state index in [0.29, 0.717) is 5.92 Å². The lowest BCUT2D eigenvalue weighted by Gasteiger charge is -2.42. The molecular weight excluding hydrogens is 210 g/mol. The zero-order valence-corrected chi connectivity index (χ0v) is 10.0. The van der Waals surface area contributed by atoms with E-state index in [1.165, 1.54) is 32.1 Å². The Bertz CT molecular complexity index is 404. The Labute approximate surface area is 102 Å². The summed E-state index contributed by atoms with van der Waals surface area (Å²) in [6.45, 7) is 0. The SMILES string of the molecule is O/N=C(/c1ccccc1)[C@H]1CC2CCC1CC2. The van der Waals surface area contributed by atoms with Gasteiger partial charge in [-0.15, -0.1) is 0 Å². The summed E-state index contributed by atoms with van der Waals surface area (Å²) in [7, 11) is 0. The third-order valence-electron chi connectivity index (χ3n) is 4.58. The highest BCUT2D eigenvalue weighted by Crippen LogP contribution is 2.46. The topological polar surface area (TPSA) is 32.6 Å². The van der Waals surface area contributed by atoms with Crippen molar-refractivity contribution < 1.29 is 5.21 Å². The minimum atomic E-state index is 0.481. The summed E-state index contributed by atoms with van der Waals surface area (Å²) >= 11 is 0. The molecular formula is C15H19NO. The van der Waals surface area contributed by atoms with E-state index < -0.39 is 0 Å². The van der Waals surface area contributed by atoms with Crippen LogP contribution in [0.2, 0.25) is 0 Å². The first-order chi connectivity index (χ1) is 8.38. The highest BCUT2D eigenvalue weighted by atomic mass is 16.4. The van der Waals surface area contributed by atoms with Crippen LogP contribution >= 0.6 is 0 Å². The predicted octanol–water partition coefficient (Wildman–Crippen LogP) is 3.69. The van der Waals surface area contributed by atoms with Crippen LogP contribution in [0.1, 0.15) is 37.7 Å². The van der Waals surface area contributed by atoms with E-state index in [4.69, 9.17) is 0 Å². The maximum absolute atomic E-state index is 9.35. The molecule has 3 saturated carbocycles. The van der Waals surface area contributed by atoms with Crippen LogP contribution in [0.3, 0.4) is 0 Å². The number of fused-ring (bicyclic) bond motifs is 3. The van der Waals surface area contributed by atoms with Crippen LogP contribution in [0, 0.1) is 17.8 Å². The van der Waals surface area contributed by atoms with Gasteiger partial charge in [0.05, 0.1) is 5.71 Å². The lowest BCUT2D eigenvalue weighted by atomic mass is 9.62. The summed E-state index contributed by atoms with van der Waals surface area (Å²) < 4.78 is 0. The molecule has 0 radical (unpaired) electrons. The molecule has 0 aromatic heterocycles. The summed E-state index contributed by atoms with van der Waals surface area (Å²) in [4.78, 5) is 0. The molecule has 3 aliphatic rings. The highest BCUT2D eigenvalue weighted by Gasteiger charge is 2.38. The average Bonchev–Trinajstić information content (AvgIpc) is 2.42. The van der Waals surface area contributed by atoms with Gasteiger partial charge in [0.1, 0.15) is 0 Å². The van der Waals surface area contributed by atoms with Crippen LogP contribution in [-0.4, -0.2) is 10.9 Å². The van der Waals surface area contributed by atoms with Crippen molar-refractivity contribution in [3.05, 3.63) is 35.9 Å². The van der Waals surface area contributed by atoms with E-state index >= 15 is 0 Å². The standard InChI is InChI=1S/C15H19NO/c17-16-15(13-4-2-1-3-5-13)14-10-11-6-8-12(14)9-7-11/h1-5,11-12,14,17H,6-10H2/b16-15-/t11?,12?,14-/m0/s1. The number of hydrogen-bond acceptors (Lipinski definition) is 2. The van der Waals surface area contributed by atoms with Gasteiger partial charge in [-0.1, -0.05) is 48.3 Å². The van der Waals surface area contributed by atoms with Gasteiger partial charge in [0.25, 0.3) is 0 Å². The second kappa shape index (κ2) is 4.52. The zero-order valence-electron chi connectivity index (χ0n) is 10.0. The van der Waals surface area contributed by atoms with E-state index in [0.717, 1.165) is 23.1 Å². The van der Waals surface area contributed by atoms with Crippen molar-refractivity contribution in [2.45, 2.75) is 32.1 Å². The Balaban J connectivity index is 1.87. The smallest absolute Gasteiger partial charge is 0.0901 e.